The first-order valence-electron chi connectivity index (χ1n) is 6.28. The molecular formula is C14H17BrN4. The maximum atomic E-state index is 6.31. The molecule has 4 nitrogen and oxygen atoms in total. The Morgan fingerprint density at radius 2 is 2.05 bits per heavy atom. The predicted molar refractivity (Wildman–Crippen MR) is 78.7 cm³/mol. The van der Waals surface area contributed by atoms with Crippen molar-refractivity contribution >= 4 is 15.9 Å². The van der Waals surface area contributed by atoms with Gasteiger partial charge >= 0.3 is 0 Å². The zero-order chi connectivity index (χ0) is 13.8. The first-order chi connectivity index (χ1) is 9.10. The van der Waals surface area contributed by atoms with Crippen LogP contribution in [0.2, 0.25) is 0 Å². The Balaban J connectivity index is 2.24. The second kappa shape index (κ2) is 6.21. The molecule has 0 radical (unpaired) electrons. The lowest BCUT2D eigenvalue weighted by atomic mass is 9.98. The number of nitrogens with two attached hydrogens (primary N) is 1. The van der Waals surface area contributed by atoms with Crippen molar-refractivity contribution in [2.24, 2.45) is 5.73 Å². The number of pyridine rings is 1. The molecule has 2 N–H and O–H groups in total. The molecule has 0 saturated carbocycles. The lowest BCUT2D eigenvalue weighted by Gasteiger charge is -2.15. The van der Waals surface area contributed by atoms with E-state index in [1.54, 1.807) is 6.20 Å². The average Bonchev–Trinajstić information content (AvgIpc) is 2.38. The van der Waals surface area contributed by atoms with Crippen LogP contribution in [0, 0.1) is 6.92 Å². The van der Waals surface area contributed by atoms with Crippen molar-refractivity contribution in [3.63, 3.8) is 0 Å². The summed E-state index contributed by atoms with van der Waals surface area (Å²) in [6.45, 7) is 4.00. The molecule has 0 saturated heterocycles. The molecule has 0 spiro atoms. The fourth-order valence-electron chi connectivity index (χ4n) is 2.06. The van der Waals surface area contributed by atoms with Crippen LogP contribution in [0.5, 0.6) is 0 Å². The summed E-state index contributed by atoms with van der Waals surface area (Å²) in [5.41, 5.74) is 10.4. The molecule has 1 unspecified atom stereocenters. The average molecular weight is 321 g/mol. The van der Waals surface area contributed by atoms with E-state index in [1.165, 1.54) is 0 Å². The van der Waals surface area contributed by atoms with Gasteiger partial charge in [0.2, 0.25) is 0 Å². The summed E-state index contributed by atoms with van der Waals surface area (Å²) >= 11 is 3.42. The van der Waals surface area contributed by atoms with Gasteiger partial charge in [-0.3, -0.25) is 4.98 Å². The zero-order valence-corrected chi connectivity index (χ0v) is 12.7. The molecule has 0 aliphatic rings. The van der Waals surface area contributed by atoms with Gasteiger partial charge < -0.3 is 5.73 Å². The smallest absolute Gasteiger partial charge is 0.0676 e. The third-order valence-electron chi connectivity index (χ3n) is 2.98. The van der Waals surface area contributed by atoms with Crippen LogP contribution in [-0.2, 0) is 12.8 Å². The number of aryl methyl sites for hydroxylation is 2. The van der Waals surface area contributed by atoms with Crippen molar-refractivity contribution in [1.82, 2.24) is 15.2 Å². The van der Waals surface area contributed by atoms with Gasteiger partial charge in [0.15, 0.2) is 0 Å². The van der Waals surface area contributed by atoms with Crippen molar-refractivity contribution in [2.75, 3.05) is 0 Å². The SMILES string of the molecule is CCc1nnc(C)cc1C(N)Cc1cncc(Br)c1. The van der Waals surface area contributed by atoms with Crippen LogP contribution in [0.1, 0.15) is 35.5 Å². The summed E-state index contributed by atoms with van der Waals surface area (Å²) in [7, 11) is 0. The second-order valence-electron chi connectivity index (χ2n) is 4.56. The zero-order valence-electron chi connectivity index (χ0n) is 11.1. The molecular weight excluding hydrogens is 304 g/mol. The molecule has 0 bridgehead atoms. The van der Waals surface area contributed by atoms with Crippen LogP contribution in [0.15, 0.2) is 29.0 Å². The highest BCUT2D eigenvalue weighted by atomic mass is 79.9. The fourth-order valence-corrected chi connectivity index (χ4v) is 2.47. The van der Waals surface area contributed by atoms with Crippen molar-refractivity contribution in [3.05, 3.63) is 51.5 Å². The normalized spacial score (nSPS) is 12.4. The predicted octanol–water partition coefficient (Wildman–Crippen LogP) is 2.75. The second-order valence-corrected chi connectivity index (χ2v) is 5.48. The Bertz CT molecular complexity index is 571. The van der Waals surface area contributed by atoms with E-state index >= 15 is 0 Å². The van der Waals surface area contributed by atoms with Gasteiger partial charge in [0, 0.05) is 22.9 Å². The standard InChI is InChI=1S/C14H17BrN4/c1-3-14-12(4-9(2)18-19-14)13(16)6-10-5-11(15)8-17-7-10/h4-5,7-8,13H,3,6,16H2,1-2H3. The molecule has 1 atom stereocenters. The highest BCUT2D eigenvalue weighted by molar-refractivity contribution is 9.10. The van der Waals surface area contributed by atoms with Gasteiger partial charge in [0.1, 0.15) is 0 Å². The number of halogens is 1. The Morgan fingerprint density at radius 1 is 1.26 bits per heavy atom. The Hall–Kier alpha value is -1.33. The van der Waals surface area contributed by atoms with Gasteiger partial charge in [-0.1, -0.05) is 6.92 Å². The summed E-state index contributed by atoms with van der Waals surface area (Å²) in [5, 5.41) is 8.31. The lowest BCUT2D eigenvalue weighted by Crippen LogP contribution is -2.17. The Labute approximate surface area is 121 Å². The van der Waals surface area contributed by atoms with E-state index in [1.807, 2.05) is 25.3 Å². The number of hydrogen-bond acceptors (Lipinski definition) is 4. The third-order valence-corrected chi connectivity index (χ3v) is 3.41. The number of rotatable bonds is 4. The highest BCUT2D eigenvalue weighted by Crippen LogP contribution is 2.20. The van der Waals surface area contributed by atoms with E-state index in [0.717, 1.165) is 39.8 Å². The van der Waals surface area contributed by atoms with E-state index in [2.05, 4.69) is 38.0 Å². The minimum atomic E-state index is -0.0831. The van der Waals surface area contributed by atoms with E-state index in [-0.39, 0.29) is 6.04 Å². The van der Waals surface area contributed by atoms with E-state index in [9.17, 15) is 0 Å². The molecule has 2 rings (SSSR count). The maximum absolute atomic E-state index is 6.31. The molecule has 2 heterocycles. The topological polar surface area (TPSA) is 64.7 Å². The molecule has 5 heteroatoms. The minimum Gasteiger partial charge on any atom is -0.324 e. The quantitative estimate of drug-likeness (QED) is 0.940. The summed E-state index contributed by atoms with van der Waals surface area (Å²) in [6, 6.07) is 3.99. The first kappa shape index (κ1) is 14.1. The van der Waals surface area contributed by atoms with Gasteiger partial charge in [0.05, 0.1) is 11.4 Å². The number of nitrogens with zero attached hydrogens (tertiary/aromatic N) is 3. The van der Waals surface area contributed by atoms with E-state index < -0.39 is 0 Å². The van der Waals surface area contributed by atoms with Crippen LogP contribution >= 0.6 is 15.9 Å². The molecule has 0 aromatic carbocycles. The summed E-state index contributed by atoms with van der Waals surface area (Å²) < 4.78 is 0.969. The molecule has 100 valence electrons. The van der Waals surface area contributed by atoms with Gasteiger partial charge in [-0.25, -0.2) is 0 Å². The number of hydrogen-bond donors (Lipinski definition) is 1. The first-order valence-corrected chi connectivity index (χ1v) is 7.07. The molecule has 0 aliphatic carbocycles. The molecule has 0 fully saturated rings. The monoisotopic (exact) mass is 320 g/mol. The number of aromatic nitrogens is 3. The van der Waals surface area contributed by atoms with Crippen LogP contribution in [0.25, 0.3) is 0 Å². The third kappa shape index (κ3) is 3.58. The Morgan fingerprint density at radius 3 is 2.74 bits per heavy atom. The van der Waals surface area contributed by atoms with E-state index in [4.69, 9.17) is 5.73 Å². The molecule has 19 heavy (non-hydrogen) atoms. The molecule has 2 aromatic rings. The summed E-state index contributed by atoms with van der Waals surface area (Å²) in [6.07, 6.45) is 5.19. The van der Waals surface area contributed by atoms with Gasteiger partial charge in [0.25, 0.3) is 0 Å². The molecule has 0 amide bonds. The van der Waals surface area contributed by atoms with Gasteiger partial charge in [-0.15, -0.1) is 0 Å². The molecule has 0 aliphatic heterocycles. The fraction of sp³-hybridized carbons (Fsp3) is 0.357. The van der Waals surface area contributed by atoms with Crippen LogP contribution in [0.3, 0.4) is 0 Å². The minimum absolute atomic E-state index is 0.0831. The van der Waals surface area contributed by atoms with Crippen molar-refractivity contribution in [1.29, 1.82) is 0 Å². The Kier molecular flexibility index (Phi) is 4.61. The van der Waals surface area contributed by atoms with Crippen molar-refractivity contribution in [2.45, 2.75) is 32.7 Å². The summed E-state index contributed by atoms with van der Waals surface area (Å²) in [4.78, 5) is 4.16. The maximum Gasteiger partial charge on any atom is 0.0676 e. The molecule has 2 aromatic heterocycles. The van der Waals surface area contributed by atoms with Crippen molar-refractivity contribution < 1.29 is 0 Å². The van der Waals surface area contributed by atoms with Gasteiger partial charge in [-0.05, 0) is 59.0 Å². The van der Waals surface area contributed by atoms with Crippen LogP contribution < -0.4 is 5.73 Å². The van der Waals surface area contributed by atoms with Crippen LogP contribution in [0.4, 0.5) is 0 Å². The highest BCUT2D eigenvalue weighted by Gasteiger charge is 2.13. The lowest BCUT2D eigenvalue weighted by molar-refractivity contribution is 0.689. The van der Waals surface area contributed by atoms with Crippen LogP contribution in [-0.4, -0.2) is 15.2 Å². The van der Waals surface area contributed by atoms with Gasteiger partial charge in [-0.2, -0.15) is 10.2 Å². The van der Waals surface area contributed by atoms with Crippen molar-refractivity contribution in [3.8, 4) is 0 Å². The summed E-state index contributed by atoms with van der Waals surface area (Å²) in [5.74, 6) is 0. The largest absolute Gasteiger partial charge is 0.324 e. The van der Waals surface area contributed by atoms with E-state index in [0.29, 0.717) is 0 Å².